The smallest absolute Gasteiger partial charge is 0.232 e. The number of hydrogen-bond acceptors (Lipinski definition) is 5. The van der Waals surface area contributed by atoms with E-state index in [4.69, 9.17) is 4.52 Å². The molecule has 0 amide bonds. The van der Waals surface area contributed by atoms with E-state index in [1.54, 1.807) is 0 Å². The molecule has 0 radical (unpaired) electrons. The predicted octanol–water partition coefficient (Wildman–Crippen LogP) is 2.10. The van der Waals surface area contributed by atoms with Crippen molar-refractivity contribution in [3.63, 3.8) is 0 Å². The van der Waals surface area contributed by atoms with Gasteiger partial charge in [0.1, 0.15) is 0 Å². The van der Waals surface area contributed by atoms with Crippen molar-refractivity contribution in [3.8, 4) is 0 Å². The molecule has 1 aromatic heterocycles. The van der Waals surface area contributed by atoms with Crippen molar-refractivity contribution in [2.45, 2.75) is 71.1 Å². The Kier molecular flexibility index (Phi) is 4.26. The molecule has 0 aliphatic carbocycles. The van der Waals surface area contributed by atoms with Crippen LogP contribution in [-0.2, 0) is 12.0 Å². The normalized spacial score (nSPS) is 23.5. The molecule has 2 rings (SSSR count). The molecule has 1 aliphatic rings. The summed E-state index contributed by atoms with van der Waals surface area (Å²) in [7, 11) is 0. The largest absolute Gasteiger partial charge is 0.392 e. The number of aliphatic hydroxyl groups is 1. The van der Waals surface area contributed by atoms with Gasteiger partial charge in [0.25, 0.3) is 0 Å². The van der Waals surface area contributed by atoms with Crippen LogP contribution in [0.25, 0.3) is 0 Å². The molecule has 0 aromatic carbocycles. The minimum Gasteiger partial charge on any atom is -0.392 e. The summed E-state index contributed by atoms with van der Waals surface area (Å²) in [6, 6.07) is 0.213. The second kappa shape index (κ2) is 5.59. The van der Waals surface area contributed by atoms with Crippen LogP contribution in [0.2, 0.25) is 0 Å². The maximum Gasteiger partial charge on any atom is 0.232 e. The molecule has 19 heavy (non-hydrogen) atoms. The molecule has 2 atom stereocenters. The van der Waals surface area contributed by atoms with Crippen molar-refractivity contribution < 1.29 is 9.63 Å². The summed E-state index contributed by atoms with van der Waals surface area (Å²) < 4.78 is 5.32. The Morgan fingerprint density at radius 2 is 2.16 bits per heavy atom. The Hall–Kier alpha value is -0.940. The quantitative estimate of drug-likeness (QED) is 0.908. The molecule has 1 fully saturated rings. The van der Waals surface area contributed by atoms with Crippen LogP contribution < -0.4 is 0 Å². The third kappa shape index (κ3) is 3.54. The van der Waals surface area contributed by atoms with Gasteiger partial charge in [0, 0.05) is 11.5 Å². The van der Waals surface area contributed by atoms with Gasteiger partial charge in [-0.2, -0.15) is 4.98 Å². The maximum absolute atomic E-state index is 9.85. The molecule has 0 saturated carbocycles. The van der Waals surface area contributed by atoms with Crippen LogP contribution in [-0.4, -0.2) is 38.8 Å². The first-order valence-electron chi connectivity index (χ1n) is 7.13. The SMILES string of the molecule is CC(O)C1CCCCN1Cc1noc(C(C)(C)C)n1. The topological polar surface area (TPSA) is 62.4 Å². The molecule has 108 valence electrons. The number of likely N-dealkylation sites (tertiary alicyclic amines) is 1. The van der Waals surface area contributed by atoms with Gasteiger partial charge < -0.3 is 9.63 Å². The predicted molar refractivity (Wildman–Crippen MR) is 72.7 cm³/mol. The van der Waals surface area contributed by atoms with Gasteiger partial charge >= 0.3 is 0 Å². The number of aliphatic hydroxyl groups excluding tert-OH is 1. The first kappa shape index (κ1) is 14.5. The Labute approximate surface area is 115 Å². The summed E-state index contributed by atoms with van der Waals surface area (Å²) in [5, 5.41) is 13.9. The molecule has 1 aromatic rings. The van der Waals surface area contributed by atoms with Crippen LogP contribution in [0.15, 0.2) is 4.52 Å². The number of nitrogens with zero attached hydrogens (tertiary/aromatic N) is 3. The van der Waals surface area contributed by atoms with Gasteiger partial charge in [0.2, 0.25) is 5.89 Å². The molecule has 5 heteroatoms. The number of hydrogen-bond donors (Lipinski definition) is 1. The summed E-state index contributed by atoms with van der Waals surface area (Å²) in [6.45, 7) is 9.70. The van der Waals surface area contributed by atoms with E-state index in [-0.39, 0.29) is 17.6 Å². The summed E-state index contributed by atoms with van der Waals surface area (Å²) in [6.07, 6.45) is 3.09. The number of piperidine rings is 1. The zero-order valence-corrected chi connectivity index (χ0v) is 12.4. The Balaban J connectivity index is 2.05. The fourth-order valence-corrected chi connectivity index (χ4v) is 2.56. The van der Waals surface area contributed by atoms with E-state index in [2.05, 4.69) is 35.8 Å². The third-order valence-electron chi connectivity index (χ3n) is 3.68. The number of rotatable bonds is 3. The summed E-state index contributed by atoms with van der Waals surface area (Å²) in [5.74, 6) is 1.39. The lowest BCUT2D eigenvalue weighted by molar-refractivity contribution is 0.0298. The summed E-state index contributed by atoms with van der Waals surface area (Å²) in [4.78, 5) is 6.74. The highest BCUT2D eigenvalue weighted by Gasteiger charge is 2.28. The first-order chi connectivity index (χ1) is 8.88. The average molecular weight is 267 g/mol. The lowest BCUT2D eigenvalue weighted by Crippen LogP contribution is -2.45. The maximum atomic E-state index is 9.85. The minimum absolute atomic E-state index is 0.114. The van der Waals surface area contributed by atoms with Gasteiger partial charge in [0.15, 0.2) is 5.82 Å². The van der Waals surface area contributed by atoms with Gasteiger partial charge in [-0.3, -0.25) is 4.90 Å². The fraction of sp³-hybridized carbons (Fsp3) is 0.857. The van der Waals surface area contributed by atoms with Crippen LogP contribution in [0, 0.1) is 0 Å². The van der Waals surface area contributed by atoms with E-state index in [1.807, 2.05) is 6.92 Å². The van der Waals surface area contributed by atoms with Gasteiger partial charge in [-0.25, -0.2) is 0 Å². The Bertz CT molecular complexity index is 409. The van der Waals surface area contributed by atoms with Gasteiger partial charge in [-0.1, -0.05) is 32.3 Å². The monoisotopic (exact) mass is 267 g/mol. The highest BCUT2D eigenvalue weighted by Crippen LogP contribution is 2.23. The van der Waals surface area contributed by atoms with E-state index >= 15 is 0 Å². The lowest BCUT2D eigenvalue weighted by Gasteiger charge is -2.36. The van der Waals surface area contributed by atoms with E-state index in [9.17, 15) is 5.11 Å². The van der Waals surface area contributed by atoms with E-state index < -0.39 is 0 Å². The Morgan fingerprint density at radius 1 is 1.42 bits per heavy atom. The highest BCUT2D eigenvalue weighted by molar-refractivity contribution is 4.98. The lowest BCUT2D eigenvalue weighted by atomic mass is 9.97. The van der Waals surface area contributed by atoms with Crippen molar-refractivity contribution in [1.29, 1.82) is 0 Å². The minimum atomic E-state index is -0.311. The zero-order chi connectivity index (χ0) is 14.0. The molecule has 0 bridgehead atoms. The van der Waals surface area contributed by atoms with Crippen LogP contribution in [0.4, 0.5) is 0 Å². The second-order valence-corrected chi connectivity index (χ2v) is 6.54. The average Bonchev–Trinajstić information content (AvgIpc) is 2.77. The number of aromatic nitrogens is 2. The van der Waals surface area contributed by atoms with Gasteiger partial charge in [-0.15, -0.1) is 0 Å². The molecule has 2 unspecified atom stereocenters. The van der Waals surface area contributed by atoms with E-state index in [1.165, 1.54) is 12.8 Å². The molecule has 5 nitrogen and oxygen atoms in total. The molecule has 1 aliphatic heterocycles. The highest BCUT2D eigenvalue weighted by atomic mass is 16.5. The molecule has 1 N–H and O–H groups in total. The van der Waals surface area contributed by atoms with Gasteiger partial charge in [-0.05, 0) is 26.3 Å². The molecular weight excluding hydrogens is 242 g/mol. The summed E-state index contributed by atoms with van der Waals surface area (Å²) >= 11 is 0. The molecule has 2 heterocycles. The molecule has 0 spiro atoms. The van der Waals surface area contributed by atoms with Crippen LogP contribution in [0.3, 0.4) is 0 Å². The van der Waals surface area contributed by atoms with Gasteiger partial charge in [0.05, 0.1) is 12.6 Å². The van der Waals surface area contributed by atoms with Crippen LogP contribution in [0.5, 0.6) is 0 Å². The fourth-order valence-electron chi connectivity index (χ4n) is 2.56. The second-order valence-electron chi connectivity index (χ2n) is 6.54. The van der Waals surface area contributed by atoms with Crippen molar-refractivity contribution in [1.82, 2.24) is 15.0 Å². The molecule has 1 saturated heterocycles. The Morgan fingerprint density at radius 3 is 2.74 bits per heavy atom. The van der Waals surface area contributed by atoms with Crippen molar-refractivity contribution in [3.05, 3.63) is 11.7 Å². The van der Waals surface area contributed by atoms with E-state index in [0.29, 0.717) is 12.4 Å². The van der Waals surface area contributed by atoms with E-state index in [0.717, 1.165) is 18.8 Å². The summed E-state index contributed by atoms with van der Waals surface area (Å²) in [5.41, 5.74) is -0.114. The van der Waals surface area contributed by atoms with Crippen LogP contribution in [0.1, 0.15) is 58.7 Å². The third-order valence-corrected chi connectivity index (χ3v) is 3.68. The first-order valence-corrected chi connectivity index (χ1v) is 7.13. The zero-order valence-electron chi connectivity index (χ0n) is 12.4. The van der Waals surface area contributed by atoms with Crippen molar-refractivity contribution >= 4 is 0 Å². The molecular formula is C14H25N3O2. The van der Waals surface area contributed by atoms with Crippen molar-refractivity contribution in [2.24, 2.45) is 0 Å². The van der Waals surface area contributed by atoms with Crippen molar-refractivity contribution in [2.75, 3.05) is 6.54 Å². The standard InChI is InChI=1S/C14H25N3O2/c1-10(18)11-7-5-6-8-17(11)9-12-15-13(19-16-12)14(2,3)4/h10-11,18H,5-9H2,1-4H3. The van der Waals surface area contributed by atoms with Crippen LogP contribution >= 0.6 is 0 Å².